The number of fused-ring (bicyclic) bond motifs is 2. The highest BCUT2D eigenvalue weighted by Crippen LogP contribution is 2.53. The SMILES string of the molecule is CC1(C)CC(=O)C2=C(C1)Nc1cc3c(cc1[C@@H]2c1ccccc1OCC(=O)O)OCO3. The average molecular weight is 421 g/mol. The third-order valence-corrected chi connectivity index (χ3v) is 5.93. The lowest BCUT2D eigenvalue weighted by atomic mass is 9.68. The Hall–Kier alpha value is -3.48. The van der Waals surface area contributed by atoms with E-state index in [4.69, 9.17) is 19.3 Å². The number of carbonyl (C=O) groups excluding carboxylic acids is 1. The van der Waals surface area contributed by atoms with Crippen LogP contribution < -0.4 is 19.5 Å². The van der Waals surface area contributed by atoms with Crippen LogP contribution in [0.1, 0.15) is 43.7 Å². The first-order chi connectivity index (χ1) is 14.8. The minimum absolute atomic E-state index is 0.0834. The molecular weight excluding hydrogens is 398 g/mol. The number of allylic oxidation sites excluding steroid dienone is 2. The number of ether oxygens (including phenoxy) is 3. The second-order valence-corrected chi connectivity index (χ2v) is 8.90. The molecule has 0 saturated carbocycles. The highest BCUT2D eigenvalue weighted by Gasteiger charge is 2.42. The van der Waals surface area contributed by atoms with Crippen LogP contribution in [0.5, 0.6) is 17.2 Å². The molecule has 0 aromatic heterocycles. The molecule has 0 amide bonds. The number of Topliss-reactive ketones (excluding diaryl/α,β-unsaturated/α-hetero) is 1. The molecule has 2 aromatic carbocycles. The fourth-order valence-electron chi connectivity index (χ4n) is 4.72. The van der Waals surface area contributed by atoms with Crippen molar-refractivity contribution in [2.24, 2.45) is 5.41 Å². The quantitative estimate of drug-likeness (QED) is 0.768. The lowest BCUT2D eigenvalue weighted by Gasteiger charge is -2.39. The maximum atomic E-state index is 13.4. The lowest BCUT2D eigenvalue weighted by molar-refractivity contribution is -0.139. The van der Waals surface area contributed by atoms with Gasteiger partial charge >= 0.3 is 5.97 Å². The lowest BCUT2D eigenvalue weighted by Crippen LogP contribution is -2.34. The van der Waals surface area contributed by atoms with Gasteiger partial charge in [0.05, 0.1) is 0 Å². The number of anilines is 1. The number of para-hydroxylation sites is 1. The molecule has 2 heterocycles. The second-order valence-electron chi connectivity index (χ2n) is 8.90. The zero-order valence-electron chi connectivity index (χ0n) is 17.4. The minimum Gasteiger partial charge on any atom is -0.482 e. The van der Waals surface area contributed by atoms with Gasteiger partial charge in [-0.1, -0.05) is 32.0 Å². The van der Waals surface area contributed by atoms with Crippen molar-refractivity contribution in [3.8, 4) is 17.2 Å². The molecule has 5 rings (SSSR count). The Labute approximate surface area is 179 Å². The molecular formula is C24H23NO6. The van der Waals surface area contributed by atoms with E-state index in [1.165, 1.54) is 0 Å². The number of hydrogen-bond acceptors (Lipinski definition) is 6. The molecule has 0 saturated heterocycles. The van der Waals surface area contributed by atoms with Gasteiger partial charge in [-0.2, -0.15) is 0 Å². The van der Waals surface area contributed by atoms with E-state index in [-0.39, 0.29) is 18.0 Å². The smallest absolute Gasteiger partial charge is 0.341 e. The van der Waals surface area contributed by atoms with Crippen molar-refractivity contribution in [3.05, 3.63) is 58.8 Å². The van der Waals surface area contributed by atoms with Crippen LogP contribution in [-0.4, -0.2) is 30.3 Å². The monoisotopic (exact) mass is 421 g/mol. The summed E-state index contributed by atoms with van der Waals surface area (Å²) in [5.41, 5.74) is 3.93. The summed E-state index contributed by atoms with van der Waals surface area (Å²) < 4.78 is 16.8. The number of benzene rings is 2. The van der Waals surface area contributed by atoms with Crippen molar-refractivity contribution < 1.29 is 28.9 Å². The molecule has 2 N–H and O–H groups in total. The van der Waals surface area contributed by atoms with Crippen LogP contribution in [0.25, 0.3) is 0 Å². The first-order valence-corrected chi connectivity index (χ1v) is 10.2. The Morgan fingerprint density at radius 2 is 1.90 bits per heavy atom. The first kappa shape index (κ1) is 19.5. The molecule has 2 aromatic rings. The fraction of sp³-hybridized carbons (Fsp3) is 0.333. The predicted octanol–water partition coefficient (Wildman–Crippen LogP) is 4.08. The van der Waals surface area contributed by atoms with Crippen molar-refractivity contribution in [1.82, 2.24) is 0 Å². The van der Waals surface area contributed by atoms with Gasteiger partial charge in [-0.05, 0) is 29.5 Å². The van der Waals surface area contributed by atoms with Gasteiger partial charge in [0.2, 0.25) is 6.79 Å². The molecule has 0 spiro atoms. The topological polar surface area (TPSA) is 94.1 Å². The molecule has 0 radical (unpaired) electrons. The number of aliphatic carboxylic acids is 1. The zero-order chi connectivity index (χ0) is 21.8. The van der Waals surface area contributed by atoms with E-state index in [1.807, 2.05) is 24.3 Å². The van der Waals surface area contributed by atoms with E-state index in [0.29, 0.717) is 29.2 Å². The van der Waals surface area contributed by atoms with Gasteiger partial charge in [0.25, 0.3) is 0 Å². The molecule has 0 fully saturated rings. The van der Waals surface area contributed by atoms with Gasteiger partial charge in [-0.25, -0.2) is 4.79 Å². The summed E-state index contributed by atoms with van der Waals surface area (Å²) in [6.07, 6.45) is 1.18. The van der Waals surface area contributed by atoms with Gasteiger partial charge in [0.15, 0.2) is 23.9 Å². The van der Waals surface area contributed by atoms with Gasteiger partial charge in [0, 0.05) is 40.9 Å². The standard InChI is InChI=1S/C24H23NO6/c1-24(2)9-16-23(17(26)10-24)22(13-5-3-4-6-18(13)29-11-21(27)28)14-7-19-20(31-12-30-19)8-15(14)25-16/h3-8,22,25H,9-12H2,1-2H3,(H,27,28)/t22-/m0/s1. The number of hydrogen-bond donors (Lipinski definition) is 2. The predicted molar refractivity (Wildman–Crippen MR) is 113 cm³/mol. The summed E-state index contributed by atoms with van der Waals surface area (Å²) in [5.74, 6) is 0.367. The summed E-state index contributed by atoms with van der Waals surface area (Å²) in [4.78, 5) is 24.5. The van der Waals surface area contributed by atoms with Gasteiger partial charge in [-0.15, -0.1) is 0 Å². The molecule has 160 valence electrons. The molecule has 7 heteroatoms. The van der Waals surface area contributed by atoms with Crippen molar-refractivity contribution >= 4 is 17.4 Å². The third kappa shape index (κ3) is 3.40. The van der Waals surface area contributed by atoms with Crippen molar-refractivity contribution in [2.45, 2.75) is 32.6 Å². The Morgan fingerprint density at radius 3 is 2.68 bits per heavy atom. The van der Waals surface area contributed by atoms with E-state index >= 15 is 0 Å². The number of nitrogens with one attached hydrogen (secondary N) is 1. The highest BCUT2D eigenvalue weighted by molar-refractivity contribution is 6.02. The molecule has 0 bridgehead atoms. The second kappa shape index (κ2) is 7.04. The Morgan fingerprint density at radius 1 is 1.16 bits per heavy atom. The molecule has 1 atom stereocenters. The van der Waals surface area contributed by atoms with Crippen LogP contribution in [0, 0.1) is 5.41 Å². The number of carboxylic acid groups (broad SMARTS) is 1. The first-order valence-electron chi connectivity index (χ1n) is 10.2. The maximum absolute atomic E-state index is 13.4. The van der Waals surface area contributed by atoms with Crippen molar-refractivity contribution in [2.75, 3.05) is 18.7 Å². The highest BCUT2D eigenvalue weighted by atomic mass is 16.7. The van der Waals surface area contributed by atoms with E-state index in [0.717, 1.165) is 28.9 Å². The summed E-state index contributed by atoms with van der Waals surface area (Å²) >= 11 is 0. The number of carbonyl (C=O) groups is 2. The van der Waals surface area contributed by atoms with Crippen LogP contribution >= 0.6 is 0 Å². The Kier molecular flexibility index (Phi) is 4.43. The van der Waals surface area contributed by atoms with Gasteiger partial charge in [0.1, 0.15) is 5.75 Å². The summed E-state index contributed by atoms with van der Waals surface area (Å²) in [7, 11) is 0. The van der Waals surface area contributed by atoms with Crippen LogP contribution in [0.15, 0.2) is 47.7 Å². The Balaban J connectivity index is 1.70. The van der Waals surface area contributed by atoms with Crippen molar-refractivity contribution in [1.29, 1.82) is 0 Å². The number of rotatable bonds is 4. The Bertz CT molecular complexity index is 1130. The maximum Gasteiger partial charge on any atom is 0.341 e. The van der Waals surface area contributed by atoms with E-state index in [2.05, 4.69) is 19.2 Å². The molecule has 7 nitrogen and oxygen atoms in total. The van der Waals surface area contributed by atoms with E-state index < -0.39 is 18.5 Å². The molecule has 3 aliphatic rings. The summed E-state index contributed by atoms with van der Waals surface area (Å²) in [6.45, 7) is 3.87. The number of carboxylic acids is 1. The van der Waals surface area contributed by atoms with Gasteiger partial charge < -0.3 is 24.6 Å². The third-order valence-electron chi connectivity index (χ3n) is 5.93. The molecule has 0 unspecified atom stereocenters. The minimum atomic E-state index is -1.06. The molecule has 1 aliphatic carbocycles. The average Bonchev–Trinajstić information content (AvgIpc) is 3.16. The van der Waals surface area contributed by atoms with Crippen LogP contribution in [0.4, 0.5) is 5.69 Å². The zero-order valence-corrected chi connectivity index (χ0v) is 17.4. The van der Waals surface area contributed by atoms with Crippen LogP contribution in [0.2, 0.25) is 0 Å². The van der Waals surface area contributed by atoms with Gasteiger partial charge in [-0.3, -0.25) is 4.79 Å². The van der Waals surface area contributed by atoms with Crippen LogP contribution in [-0.2, 0) is 9.59 Å². The largest absolute Gasteiger partial charge is 0.482 e. The normalized spacial score (nSPS) is 20.6. The summed E-state index contributed by atoms with van der Waals surface area (Å²) in [6, 6.07) is 11.1. The van der Waals surface area contributed by atoms with E-state index in [1.54, 1.807) is 12.1 Å². The molecule has 2 aliphatic heterocycles. The van der Waals surface area contributed by atoms with Crippen LogP contribution in [0.3, 0.4) is 0 Å². The van der Waals surface area contributed by atoms with E-state index in [9.17, 15) is 9.59 Å². The number of ketones is 1. The summed E-state index contributed by atoms with van der Waals surface area (Å²) in [5, 5.41) is 12.6. The fourth-order valence-corrected chi connectivity index (χ4v) is 4.72. The van der Waals surface area contributed by atoms with Crippen molar-refractivity contribution in [3.63, 3.8) is 0 Å². The molecule has 31 heavy (non-hydrogen) atoms.